The van der Waals surface area contributed by atoms with Crippen molar-refractivity contribution in [3.05, 3.63) is 125 Å². The van der Waals surface area contributed by atoms with Gasteiger partial charge in [-0.25, -0.2) is 0 Å². The highest BCUT2D eigenvalue weighted by Crippen LogP contribution is 2.37. The molecule has 1 unspecified atom stereocenters. The molecule has 0 aliphatic heterocycles. The zero-order valence-corrected chi connectivity index (χ0v) is 33.2. The molecule has 3 rings (SSSR count). The minimum absolute atomic E-state index is 0.140. The average Bonchev–Trinajstić information content (AvgIpc) is 3.14. The van der Waals surface area contributed by atoms with Crippen molar-refractivity contribution in [2.75, 3.05) is 25.5 Å². The van der Waals surface area contributed by atoms with Crippen LogP contribution in [-0.4, -0.2) is 31.0 Å². The van der Waals surface area contributed by atoms with Gasteiger partial charge in [0, 0.05) is 36.4 Å². The van der Waals surface area contributed by atoms with E-state index in [0.717, 1.165) is 35.6 Å². The van der Waals surface area contributed by atoms with Crippen LogP contribution in [-0.2, 0) is 6.18 Å². The van der Waals surface area contributed by atoms with Crippen molar-refractivity contribution in [1.82, 2.24) is 15.6 Å². The van der Waals surface area contributed by atoms with Crippen molar-refractivity contribution in [3.63, 3.8) is 0 Å². The lowest BCUT2D eigenvalue weighted by Gasteiger charge is -2.18. The second-order valence-corrected chi connectivity index (χ2v) is 12.5. The summed E-state index contributed by atoms with van der Waals surface area (Å²) in [6, 6.07) is 14.8. The highest BCUT2D eigenvalue weighted by atomic mass is 19.4. The summed E-state index contributed by atoms with van der Waals surface area (Å²) in [7, 11) is 1.94. The molecule has 1 amide bonds. The Morgan fingerprint density at radius 1 is 0.904 bits per heavy atom. The molecule has 0 spiro atoms. The number of rotatable bonds is 15. The summed E-state index contributed by atoms with van der Waals surface area (Å²) in [6.45, 7) is 22.7. The summed E-state index contributed by atoms with van der Waals surface area (Å²) >= 11 is 0. The van der Waals surface area contributed by atoms with Crippen molar-refractivity contribution in [1.29, 1.82) is 0 Å². The number of carbonyl (C=O) groups excluding carboxylic acids is 1. The number of aryl methyl sites for hydroxylation is 1. The first-order valence-corrected chi connectivity index (χ1v) is 18.8. The molecule has 8 heteroatoms. The molecular weight excluding hydrogens is 658 g/mol. The summed E-state index contributed by atoms with van der Waals surface area (Å²) in [5.41, 5.74) is 4.31. The third-order valence-electron chi connectivity index (χ3n) is 7.77. The number of carbonyl (C=O) groups is 1. The molecule has 0 saturated carbocycles. The van der Waals surface area contributed by atoms with E-state index in [1.165, 1.54) is 56.6 Å². The molecule has 288 valence electrons. The van der Waals surface area contributed by atoms with Crippen molar-refractivity contribution in [2.45, 2.75) is 112 Å². The fourth-order valence-electron chi connectivity index (χ4n) is 4.49. The van der Waals surface area contributed by atoms with Gasteiger partial charge in [-0.3, -0.25) is 9.78 Å². The maximum Gasteiger partial charge on any atom is 0.416 e. The van der Waals surface area contributed by atoms with Gasteiger partial charge < -0.3 is 16.0 Å². The molecule has 1 atom stereocenters. The number of nitrogens with one attached hydrogen (secondary N) is 3. The minimum atomic E-state index is -4.46. The van der Waals surface area contributed by atoms with Crippen molar-refractivity contribution in [3.8, 4) is 0 Å². The van der Waals surface area contributed by atoms with Gasteiger partial charge in [0.05, 0.1) is 5.56 Å². The maximum atomic E-state index is 13.3. The van der Waals surface area contributed by atoms with Crippen LogP contribution < -0.4 is 16.0 Å². The molecule has 0 radical (unpaired) electrons. The van der Waals surface area contributed by atoms with Gasteiger partial charge in [0.15, 0.2) is 0 Å². The highest BCUT2D eigenvalue weighted by Gasteiger charge is 2.34. The first kappa shape index (κ1) is 47.8. The van der Waals surface area contributed by atoms with Crippen LogP contribution in [0, 0.1) is 6.92 Å². The second-order valence-electron chi connectivity index (χ2n) is 12.5. The summed E-state index contributed by atoms with van der Waals surface area (Å²) in [5.74, 6) is -0.633. The van der Waals surface area contributed by atoms with E-state index in [9.17, 15) is 18.0 Å². The number of unbranched alkanes of at least 4 members (excludes halogenated alkanes) is 1. The van der Waals surface area contributed by atoms with Crippen LogP contribution in [0.3, 0.4) is 0 Å². The third kappa shape index (κ3) is 21.3. The number of allylic oxidation sites excluding steroid dienone is 4. The van der Waals surface area contributed by atoms with E-state index in [2.05, 4.69) is 68.2 Å². The smallest absolute Gasteiger partial charge is 0.391 e. The molecule has 0 aliphatic carbocycles. The second kappa shape index (κ2) is 28.4. The van der Waals surface area contributed by atoms with Gasteiger partial charge in [-0.2, -0.15) is 13.2 Å². The fourth-order valence-corrected chi connectivity index (χ4v) is 4.49. The van der Waals surface area contributed by atoms with Crippen LogP contribution in [0.15, 0.2) is 97.0 Å². The monoisotopic (exact) mass is 723 g/mol. The van der Waals surface area contributed by atoms with E-state index in [0.29, 0.717) is 12.0 Å². The lowest BCUT2D eigenvalue weighted by atomic mass is 9.93. The van der Waals surface area contributed by atoms with Gasteiger partial charge in [0.2, 0.25) is 0 Å². The van der Waals surface area contributed by atoms with Gasteiger partial charge in [0.1, 0.15) is 0 Å². The Kier molecular flexibility index (Phi) is 26.1. The number of benzene rings is 2. The number of alkyl halides is 3. The summed E-state index contributed by atoms with van der Waals surface area (Å²) in [6.07, 6.45) is 13.2. The summed E-state index contributed by atoms with van der Waals surface area (Å²) in [5, 5.41) is 9.01. The lowest BCUT2D eigenvalue weighted by molar-refractivity contribution is -0.138. The van der Waals surface area contributed by atoms with Crippen LogP contribution in [0.2, 0.25) is 0 Å². The lowest BCUT2D eigenvalue weighted by Crippen LogP contribution is -2.15. The predicted molar refractivity (Wildman–Crippen MR) is 218 cm³/mol. The number of nitrogens with zero attached hydrogens (tertiary/aromatic N) is 1. The number of pyridine rings is 1. The van der Waals surface area contributed by atoms with Crippen LogP contribution in [0.4, 0.5) is 18.9 Å². The van der Waals surface area contributed by atoms with Crippen molar-refractivity contribution < 1.29 is 18.0 Å². The average molecular weight is 723 g/mol. The Balaban J connectivity index is 0.000000803. The topological polar surface area (TPSA) is 66.0 Å². The molecule has 1 aromatic heterocycles. The number of anilines is 1. The number of hydrogen-bond donors (Lipinski definition) is 3. The third-order valence-corrected chi connectivity index (χ3v) is 7.77. The fraction of sp³-hybridized carbons (Fsp3) is 0.455. The Hall–Kier alpha value is -4.17. The van der Waals surface area contributed by atoms with Gasteiger partial charge in [-0.05, 0) is 105 Å². The van der Waals surface area contributed by atoms with E-state index in [1.54, 1.807) is 31.3 Å². The van der Waals surface area contributed by atoms with Crippen molar-refractivity contribution >= 4 is 17.7 Å². The summed E-state index contributed by atoms with van der Waals surface area (Å²) in [4.78, 5) is 16.3. The highest BCUT2D eigenvalue weighted by molar-refractivity contribution is 6.04. The van der Waals surface area contributed by atoms with Crippen LogP contribution in [0.5, 0.6) is 0 Å². The van der Waals surface area contributed by atoms with E-state index in [1.807, 2.05) is 57.4 Å². The first-order valence-electron chi connectivity index (χ1n) is 18.8. The van der Waals surface area contributed by atoms with Gasteiger partial charge in [0.25, 0.3) is 5.91 Å². The number of amides is 1. The SMILES string of the molecule is C=C(/C=C(/CCC)NC)/C=C/c1cccnc1.CCC(C)c1ccc(NC(=O)c2cccc(C)c2)cc1C(F)(F)F.CCCC.CCCNCCC. The molecule has 5 nitrogen and oxygen atoms in total. The molecule has 1 heterocycles. The maximum absolute atomic E-state index is 13.3. The Morgan fingerprint density at radius 2 is 1.58 bits per heavy atom. The molecule has 2 aromatic carbocycles. The Labute approximate surface area is 313 Å². The molecular formula is C44H65F3N4O. The zero-order valence-electron chi connectivity index (χ0n) is 33.2. The minimum Gasteiger partial charge on any atom is -0.391 e. The van der Waals surface area contributed by atoms with E-state index in [4.69, 9.17) is 0 Å². The number of halogens is 3. The molecule has 0 bridgehead atoms. The normalized spacial score (nSPS) is 11.6. The largest absolute Gasteiger partial charge is 0.416 e. The molecule has 0 aliphatic rings. The number of aromatic nitrogens is 1. The Bertz CT molecular complexity index is 1460. The predicted octanol–water partition coefficient (Wildman–Crippen LogP) is 12.5. The van der Waals surface area contributed by atoms with Crippen LogP contribution in [0.1, 0.15) is 132 Å². The summed E-state index contributed by atoms with van der Waals surface area (Å²) < 4.78 is 40.0. The molecule has 3 N–H and O–H groups in total. The standard InChI is InChI=1S/C19H20F3NO.C15H20N2.C6H15N.C4H10/c1-4-13(3)16-9-8-15(11-17(16)19(20,21)22)23-18(24)14-7-5-6-12(2)10-14;1-4-6-15(16-3)11-13(2)8-9-14-7-5-10-17-12-14;1-3-5-7-6-4-2;1-3-4-2/h5-11,13H,4H2,1-3H3,(H,23,24);5,7-12,16H,2,4,6H2,1,3H3;7H,3-6H2,1-2H3;3-4H2,1-2H3/b;9-8+,15-11-;;. The van der Waals surface area contributed by atoms with Crippen molar-refractivity contribution in [2.24, 2.45) is 0 Å². The zero-order chi connectivity index (χ0) is 39.4. The Morgan fingerprint density at radius 3 is 2.08 bits per heavy atom. The van der Waals surface area contributed by atoms with E-state index < -0.39 is 17.6 Å². The molecule has 0 saturated heterocycles. The van der Waals surface area contributed by atoms with Gasteiger partial charge >= 0.3 is 6.18 Å². The van der Waals surface area contributed by atoms with Gasteiger partial charge in [-0.15, -0.1) is 0 Å². The molecule has 0 fully saturated rings. The van der Waals surface area contributed by atoms with E-state index in [-0.39, 0.29) is 17.2 Å². The number of hydrogen-bond acceptors (Lipinski definition) is 4. The molecule has 3 aromatic rings. The van der Waals surface area contributed by atoms with Crippen LogP contribution in [0.25, 0.3) is 6.08 Å². The molecule has 52 heavy (non-hydrogen) atoms. The first-order chi connectivity index (χ1) is 24.8. The van der Waals surface area contributed by atoms with E-state index >= 15 is 0 Å². The van der Waals surface area contributed by atoms with Crippen LogP contribution >= 0.6 is 0 Å². The quantitative estimate of drug-likeness (QED) is 0.108. The van der Waals surface area contributed by atoms with Gasteiger partial charge in [-0.1, -0.05) is 116 Å².